The molecule has 34 heavy (non-hydrogen) atoms. The summed E-state index contributed by atoms with van der Waals surface area (Å²) >= 11 is 0. The smallest absolute Gasteiger partial charge is 0.200 e. The molecule has 8 atom stereocenters. The molecule has 0 aromatic heterocycles. The fourth-order valence-electron chi connectivity index (χ4n) is 7.81. The number of aliphatic hydroxyl groups is 1. The minimum absolute atomic E-state index is 0.00537. The molecule has 0 bridgehead atoms. The van der Waals surface area contributed by atoms with E-state index in [1.165, 1.54) is 5.57 Å². The molecule has 0 spiro atoms. The molecular weight excluding hydrogens is 440 g/mol. The molecule has 0 amide bonds. The molecule has 2 heterocycles. The number of aliphatic hydroxyl groups excluding tert-OH is 1. The van der Waals surface area contributed by atoms with E-state index in [1.807, 2.05) is 0 Å². The third-order valence-corrected chi connectivity index (χ3v) is 15.6. The van der Waals surface area contributed by atoms with Gasteiger partial charge in [0.25, 0.3) is 0 Å². The summed E-state index contributed by atoms with van der Waals surface area (Å²) < 4.78 is 20.0. The molecule has 0 unspecified atom stereocenters. The summed E-state index contributed by atoms with van der Waals surface area (Å²) in [6, 6.07) is 0. The second kappa shape index (κ2) is 10.8. The first-order chi connectivity index (χ1) is 15.9. The van der Waals surface area contributed by atoms with Crippen LogP contribution in [0.15, 0.2) is 11.6 Å². The Morgan fingerprint density at radius 1 is 1.18 bits per heavy atom. The first-order valence-corrected chi connectivity index (χ1v) is 15.8. The number of epoxide rings is 1. The van der Waals surface area contributed by atoms with E-state index in [1.54, 1.807) is 0 Å². The molecule has 0 saturated carbocycles. The number of terminal acetylenes is 1. The van der Waals surface area contributed by atoms with E-state index in [-0.39, 0.29) is 30.5 Å². The molecular formula is C29H50O4Si. The summed E-state index contributed by atoms with van der Waals surface area (Å²) in [7, 11) is -1.92. The number of allylic oxidation sites excluding steroid dienone is 1. The topological polar surface area (TPSA) is 51.2 Å². The van der Waals surface area contributed by atoms with Crippen molar-refractivity contribution in [3.05, 3.63) is 11.6 Å². The Morgan fingerprint density at radius 2 is 1.79 bits per heavy atom. The van der Waals surface area contributed by atoms with Crippen molar-refractivity contribution in [2.24, 2.45) is 23.7 Å². The SMILES string of the molecule is C#CC[C@H]1O[C@@H]([C@]2(C)O[C@@H]2CCO)[C@@H]2[C@@H]([C@H](C)CO[Si](C(C)C)(C(C)C)C(C)C)CC=C(C)[C@@H]21. The van der Waals surface area contributed by atoms with Gasteiger partial charge in [-0.05, 0) is 55.1 Å². The number of hydrogen-bond donors (Lipinski definition) is 1. The van der Waals surface area contributed by atoms with Crippen molar-refractivity contribution in [2.75, 3.05) is 13.2 Å². The lowest BCUT2D eigenvalue weighted by molar-refractivity contribution is -0.0235. The van der Waals surface area contributed by atoms with Crippen LogP contribution >= 0.6 is 0 Å². The van der Waals surface area contributed by atoms with Crippen molar-refractivity contribution in [2.45, 2.75) is 122 Å². The highest BCUT2D eigenvalue weighted by Crippen LogP contribution is 2.57. The van der Waals surface area contributed by atoms with E-state index >= 15 is 0 Å². The van der Waals surface area contributed by atoms with Crippen LogP contribution in [0.5, 0.6) is 0 Å². The van der Waals surface area contributed by atoms with Gasteiger partial charge < -0.3 is 19.0 Å². The largest absolute Gasteiger partial charge is 0.416 e. The maximum atomic E-state index is 9.51. The Morgan fingerprint density at radius 3 is 2.32 bits per heavy atom. The van der Waals surface area contributed by atoms with Crippen LogP contribution in [0, 0.1) is 36.0 Å². The molecule has 0 aromatic carbocycles. The molecule has 5 heteroatoms. The molecule has 194 valence electrons. The van der Waals surface area contributed by atoms with E-state index in [0.717, 1.165) is 13.0 Å². The van der Waals surface area contributed by atoms with E-state index in [2.05, 4.69) is 74.3 Å². The van der Waals surface area contributed by atoms with Crippen molar-refractivity contribution in [3.63, 3.8) is 0 Å². The molecule has 2 saturated heterocycles. The van der Waals surface area contributed by atoms with Crippen molar-refractivity contribution in [3.8, 4) is 12.3 Å². The quantitative estimate of drug-likeness (QED) is 0.159. The van der Waals surface area contributed by atoms with Gasteiger partial charge in [0.05, 0.1) is 18.3 Å². The van der Waals surface area contributed by atoms with Crippen LogP contribution in [0.3, 0.4) is 0 Å². The third kappa shape index (κ3) is 4.83. The number of ether oxygens (including phenoxy) is 2. The Balaban J connectivity index is 1.87. The molecule has 4 nitrogen and oxygen atoms in total. The third-order valence-electron chi connectivity index (χ3n) is 9.51. The molecule has 2 fully saturated rings. The lowest BCUT2D eigenvalue weighted by Crippen LogP contribution is -2.49. The zero-order valence-electron chi connectivity index (χ0n) is 23.1. The van der Waals surface area contributed by atoms with Crippen molar-refractivity contribution >= 4 is 8.32 Å². The Hall–Kier alpha value is -0.643. The number of hydrogen-bond acceptors (Lipinski definition) is 4. The van der Waals surface area contributed by atoms with E-state index in [9.17, 15) is 5.11 Å². The van der Waals surface area contributed by atoms with Gasteiger partial charge in [0, 0.05) is 31.5 Å². The Kier molecular flexibility index (Phi) is 8.85. The fourth-order valence-corrected chi connectivity index (χ4v) is 13.4. The van der Waals surface area contributed by atoms with Gasteiger partial charge in [-0.3, -0.25) is 0 Å². The van der Waals surface area contributed by atoms with E-state index in [4.69, 9.17) is 20.3 Å². The van der Waals surface area contributed by atoms with Crippen LogP contribution in [0.2, 0.25) is 16.6 Å². The standard InChI is InChI=1S/C29H50O4Si/c1-11-12-24-26-21(8)13-14-23(27(26)28(32-24)29(10)25(33-29)15-16-30)22(9)17-31-34(18(2)3,19(4)5)20(6)7/h1,13,18-20,22-28,30H,12,14-17H2,2-10H3/t22-,23-,24-,25-,26-,27-,28-,29-/m1/s1. The highest BCUT2D eigenvalue weighted by atomic mass is 28.4. The number of rotatable bonds is 11. The Bertz CT molecular complexity index is 747. The molecule has 2 aliphatic heterocycles. The summed E-state index contributed by atoms with van der Waals surface area (Å²) in [4.78, 5) is 0. The van der Waals surface area contributed by atoms with Gasteiger partial charge >= 0.3 is 0 Å². The van der Waals surface area contributed by atoms with Gasteiger partial charge in [-0.2, -0.15) is 0 Å². The van der Waals surface area contributed by atoms with Gasteiger partial charge in [-0.25, -0.2) is 0 Å². The van der Waals surface area contributed by atoms with Crippen LogP contribution in [-0.4, -0.2) is 50.6 Å². The second-order valence-electron chi connectivity index (χ2n) is 12.4. The average molecular weight is 491 g/mol. The van der Waals surface area contributed by atoms with Crippen LogP contribution < -0.4 is 0 Å². The summed E-state index contributed by atoms with van der Waals surface area (Å²) in [6.07, 6.45) is 10.7. The minimum atomic E-state index is -1.92. The summed E-state index contributed by atoms with van der Waals surface area (Å²) in [5.41, 5.74) is 2.83. The molecule has 3 rings (SSSR count). The lowest BCUT2D eigenvalue weighted by Gasteiger charge is -2.45. The maximum Gasteiger partial charge on any atom is 0.200 e. The van der Waals surface area contributed by atoms with Crippen molar-refractivity contribution < 1.29 is 19.0 Å². The van der Waals surface area contributed by atoms with Gasteiger partial charge in [0.1, 0.15) is 5.60 Å². The summed E-state index contributed by atoms with van der Waals surface area (Å²) in [5, 5.41) is 9.51. The van der Waals surface area contributed by atoms with Crippen molar-refractivity contribution in [1.29, 1.82) is 0 Å². The average Bonchev–Trinajstić information content (AvgIpc) is 3.23. The highest BCUT2D eigenvalue weighted by Gasteiger charge is 2.66. The van der Waals surface area contributed by atoms with Crippen LogP contribution in [-0.2, 0) is 13.9 Å². The molecule has 1 aliphatic carbocycles. The van der Waals surface area contributed by atoms with Gasteiger partial charge in [0.15, 0.2) is 8.32 Å². The zero-order valence-corrected chi connectivity index (χ0v) is 24.1. The van der Waals surface area contributed by atoms with E-state index in [0.29, 0.717) is 53.1 Å². The highest BCUT2D eigenvalue weighted by molar-refractivity contribution is 6.77. The van der Waals surface area contributed by atoms with Crippen LogP contribution in [0.4, 0.5) is 0 Å². The first-order valence-electron chi connectivity index (χ1n) is 13.6. The zero-order chi connectivity index (χ0) is 25.4. The monoisotopic (exact) mass is 490 g/mol. The predicted octanol–water partition coefficient (Wildman–Crippen LogP) is 6.34. The maximum absolute atomic E-state index is 9.51. The summed E-state index contributed by atoms with van der Waals surface area (Å²) in [6.45, 7) is 21.9. The van der Waals surface area contributed by atoms with Gasteiger partial charge in [-0.1, -0.05) is 60.1 Å². The Labute approximate surface area is 210 Å². The lowest BCUT2D eigenvalue weighted by atomic mass is 9.63. The second-order valence-corrected chi connectivity index (χ2v) is 17.8. The van der Waals surface area contributed by atoms with E-state index < -0.39 is 8.32 Å². The normalized spacial score (nSPS) is 36.5. The molecule has 3 aliphatic rings. The predicted molar refractivity (Wildman–Crippen MR) is 142 cm³/mol. The fraction of sp³-hybridized carbons (Fsp3) is 0.862. The van der Waals surface area contributed by atoms with Crippen LogP contribution in [0.25, 0.3) is 0 Å². The first kappa shape index (κ1) is 27.9. The van der Waals surface area contributed by atoms with Gasteiger partial charge in [0.2, 0.25) is 0 Å². The molecule has 1 N–H and O–H groups in total. The minimum Gasteiger partial charge on any atom is -0.416 e. The number of fused-ring (bicyclic) bond motifs is 1. The van der Waals surface area contributed by atoms with Crippen LogP contribution in [0.1, 0.15) is 81.6 Å². The van der Waals surface area contributed by atoms with Crippen molar-refractivity contribution in [1.82, 2.24) is 0 Å². The summed E-state index contributed by atoms with van der Waals surface area (Å²) in [5.74, 6) is 4.46. The molecule has 0 aromatic rings. The molecule has 0 radical (unpaired) electrons. The van der Waals surface area contributed by atoms with Gasteiger partial charge in [-0.15, -0.1) is 12.3 Å².